The van der Waals surface area contributed by atoms with Gasteiger partial charge in [0, 0.05) is 16.7 Å². The first kappa shape index (κ1) is 13.9. The van der Waals surface area contributed by atoms with Crippen LogP contribution in [-0.2, 0) is 6.54 Å². The second-order valence-corrected chi connectivity index (χ2v) is 6.57. The first-order valence-electron chi connectivity index (χ1n) is 6.82. The van der Waals surface area contributed by atoms with E-state index >= 15 is 0 Å². The average Bonchev–Trinajstić information content (AvgIpc) is 2.34. The largest absolute Gasteiger partial charge is 0.398 e. The summed E-state index contributed by atoms with van der Waals surface area (Å²) in [7, 11) is 0. The number of nitrogens with zero attached hydrogens (tertiary/aromatic N) is 1. The van der Waals surface area contributed by atoms with E-state index in [1.165, 1.54) is 31.5 Å². The van der Waals surface area contributed by atoms with Gasteiger partial charge in [-0.15, -0.1) is 0 Å². The van der Waals surface area contributed by atoms with Crippen LogP contribution in [0.1, 0.15) is 32.3 Å². The SMILES string of the molecule is CC(C)C1CCN(Cc2ccc(Br)c(N)c2)CC1. The molecule has 0 spiro atoms. The summed E-state index contributed by atoms with van der Waals surface area (Å²) in [6, 6.07) is 6.29. The Balaban J connectivity index is 1.89. The lowest BCUT2D eigenvalue weighted by Crippen LogP contribution is -2.34. The molecular formula is C15H23BrN2. The second-order valence-electron chi connectivity index (χ2n) is 5.71. The lowest BCUT2D eigenvalue weighted by Gasteiger charge is -2.33. The molecule has 0 unspecified atom stereocenters. The minimum Gasteiger partial charge on any atom is -0.398 e. The van der Waals surface area contributed by atoms with E-state index in [4.69, 9.17) is 5.73 Å². The Labute approximate surface area is 119 Å². The van der Waals surface area contributed by atoms with Crippen LogP contribution in [0.3, 0.4) is 0 Å². The molecule has 2 rings (SSSR count). The summed E-state index contributed by atoms with van der Waals surface area (Å²) >= 11 is 3.44. The molecule has 1 aromatic rings. The van der Waals surface area contributed by atoms with Crippen LogP contribution in [0.5, 0.6) is 0 Å². The molecule has 0 atom stereocenters. The van der Waals surface area contributed by atoms with Crippen molar-refractivity contribution in [2.75, 3.05) is 18.8 Å². The van der Waals surface area contributed by atoms with Crippen LogP contribution in [0.25, 0.3) is 0 Å². The zero-order valence-corrected chi connectivity index (χ0v) is 12.9. The first-order chi connectivity index (χ1) is 8.56. The third-order valence-corrected chi connectivity index (χ3v) is 4.76. The van der Waals surface area contributed by atoms with Crippen molar-refractivity contribution in [1.82, 2.24) is 4.90 Å². The van der Waals surface area contributed by atoms with Crippen LogP contribution in [-0.4, -0.2) is 18.0 Å². The van der Waals surface area contributed by atoms with Crippen molar-refractivity contribution in [2.45, 2.75) is 33.2 Å². The van der Waals surface area contributed by atoms with E-state index in [9.17, 15) is 0 Å². The molecule has 0 saturated carbocycles. The minimum absolute atomic E-state index is 0.829. The molecule has 0 amide bonds. The number of likely N-dealkylation sites (tertiary alicyclic amines) is 1. The molecule has 2 nitrogen and oxygen atoms in total. The Morgan fingerprint density at radius 2 is 2.00 bits per heavy atom. The molecule has 0 aliphatic carbocycles. The predicted molar refractivity (Wildman–Crippen MR) is 81.4 cm³/mol. The average molecular weight is 311 g/mol. The first-order valence-corrected chi connectivity index (χ1v) is 7.62. The zero-order valence-electron chi connectivity index (χ0n) is 11.3. The van der Waals surface area contributed by atoms with E-state index in [2.05, 4.69) is 46.8 Å². The molecule has 0 aromatic heterocycles. The summed E-state index contributed by atoms with van der Waals surface area (Å²) in [4.78, 5) is 2.54. The zero-order chi connectivity index (χ0) is 13.1. The molecule has 1 aliphatic heterocycles. The molecule has 18 heavy (non-hydrogen) atoms. The molecule has 1 aliphatic rings. The maximum absolute atomic E-state index is 5.92. The summed E-state index contributed by atoms with van der Waals surface area (Å²) in [5, 5.41) is 0. The summed E-state index contributed by atoms with van der Waals surface area (Å²) in [6.07, 6.45) is 2.67. The number of hydrogen-bond acceptors (Lipinski definition) is 2. The highest BCUT2D eigenvalue weighted by Crippen LogP contribution is 2.26. The number of anilines is 1. The lowest BCUT2D eigenvalue weighted by atomic mass is 9.86. The number of benzene rings is 1. The molecule has 100 valence electrons. The third-order valence-electron chi connectivity index (χ3n) is 4.04. The Morgan fingerprint density at radius 1 is 1.33 bits per heavy atom. The molecule has 1 aromatic carbocycles. The van der Waals surface area contributed by atoms with Gasteiger partial charge in [0.15, 0.2) is 0 Å². The van der Waals surface area contributed by atoms with Gasteiger partial charge in [0.25, 0.3) is 0 Å². The van der Waals surface area contributed by atoms with Gasteiger partial charge in [-0.1, -0.05) is 19.9 Å². The van der Waals surface area contributed by atoms with E-state index in [1.807, 2.05) is 6.07 Å². The van der Waals surface area contributed by atoms with Gasteiger partial charge in [0.05, 0.1) is 0 Å². The Bertz CT molecular complexity index is 395. The van der Waals surface area contributed by atoms with E-state index in [-0.39, 0.29) is 0 Å². The van der Waals surface area contributed by atoms with E-state index < -0.39 is 0 Å². The Morgan fingerprint density at radius 3 is 2.56 bits per heavy atom. The number of nitrogens with two attached hydrogens (primary N) is 1. The molecule has 1 saturated heterocycles. The highest BCUT2D eigenvalue weighted by Gasteiger charge is 2.21. The van der Waals surface area contributed by atoms with E-state index in [0.717, 1.165) is 28.5 Å². The van der Waals surface area contributed by atoms with E-state index in [0.29, 0.717) is 0 Å². The van der Waals surface area contributed by atoms with Gasteiger partial charge in [-0.25, -0.2) is 0 Å². The molecule has 1 heterocycles. The number of halogens is 1. The molecule has 1 fully saturated rings. The Kier molecular flexibility index (Phi) is 4.68. The number of rotatable bonds is 3. The van der Waals surface area contributed by atoms with Crippen LogP contribution >= 0.6 is 15.9 Å². The van der Waals surface area contributed by atoms with Gasteiger partial charge in [0.1, 0.15) is 0 Å². The van der Waals surface area contributed by atoms with E-state index in [1.54, 1.807) is 0 Å². The van der Waals surface area contributed by atoms with Crippen molar-refractivity contribution < 1.29 is 0 Å². The quantitative estimate of drug-likeness (QED) is 0.858. The summed E-state index contributed by atoms with van der Waals surface area (Å²) in [5.74, 6) is 1.74. The lowest BCUT2D eigenvalue weighted by molar-refractivity contribution is 0.152. The fourth-order valence-corrected chi connectivity index (χ4v) is 2.97. The maximum atomic E-state index is 5.92. The number of hydrogen-bond donors (Lipinski definition) is 1. The normalized spacial score (nSPS) is 18.4. The molecule has 0 bridgehead atoms. The highest BCUT2D eigenvalue weighted by molar-refractivity contribution is 9.10. The van der Waals surface area contributed by atoms with Gasteiger partial charge in [-0.05, 0) is 71.4 Å². The number of piperidine rings is 1. The topological polar surface area (TPSA) is 29.3 Å². The predicted octanol–water partition coefficient (Wildman–Crippen LogP) is 3.90. The van der Waals surface area contributed by atoms with Crippen molar-refractivity contribution in [1.29, 1.82) is 0 Å². The van der Waals surface area contributed by atoms with Crippen LogP contribution in [0, 0.1) is 11.8 Å². The monoisotopic (exact) mass is 310 g/mol. The summed E-state index contributed by atoms with van der Waals surface area (Å²) < 4.78 is 0.991. The van der Waals surface area contributed by atoms with Gasteiger partial charge in [-0.3, -0.25) is 4.90 Å². The van der Waals surface area contributed by atoms with Crippen molar-refractivity contribution >= 4 is 21.6 Å². The fourth-order valence-electron chi connectivity index (χ4n) is 2.73. The van der Waals surface area contributed by atoms with Crippen LogP contribution < -0.4 is 5.73 Å². The molecular weight excluding hydrogens is 288 g/mol. The molecule has 0 radical (unpaired) electrons. The van der Waals surface area contributed by atoms with Crippen molar-refractivity contribution in [3.63, 3.8) is 0 Å². The van der Waals surface area contributed by atoms with Crippen LogP contribution in [0.4, 0.5) is 5.69 Å². The Hall–Kier alpha value is -0.540. The van der Waals surface area contributed by atoms with Gasteiger partial charge >= 0.3 is 0 Å². The fraction of sp³-hybridized carbons (Fsp3) is 0.600. The second kappa shape index (κ2) is 6.07. The minimum atomic E-state index is 0.829. The number of nitrogen functional groups attached to an aromatic ring is 1. The van der Waals surface area contributed by atoms with Gasteiger partial charge in [-0.2, -0.15) is 0 Å². The third kappa shape index (κ3) is 3.48. The highest BCUT2D eigenvalue weighted by atomic mass is 79.9. The van der Waals surface area contributed by atoms with Gasteiger partial charge < -0.3 is 5.73 Å². The van der Waals surface area contributed by atoms with Crippen molar-refractivity contribution in [2.24, 2.45) is 11.8 Å². The van der Waals surface area contributed by atoms with Crippen LogP contribution in [0.2, 0.25) is 0 Å². The molecule has 2 N–H and O–H groups in total. The van der Waals surface area contributed by atoms with Gasteiger partial charge in [0.2, 0.25) is 0 Å². The van der Waals surface area contributed by atoms with Crippen molar-refractivity contribution in [3.05, 3.63) is 28.2 Å². The standard InChI is InChI=1S/C15H23BrN2/c1-11(2)13-5-7-18(8-6-13)10-12-3-4-14(16)15(17)9-12/h3-4,9,11,13H,5-8,10,17H2,1-2H3. The molecule has 3 heteroatoms. The van der Waals surface area contributed by atoms with Crippen LogP contribution in [0.15, 0.2) is 22.7 Å². The van der Waals surface area contributed by atoms with Crippen molar-refractivity contribution in [3.8, 4) is 0 Å². The smallest absolute Gasteiger partial charge is 0.0461 e. The summed E-state index contributed by atoms with van der Waals surface area (Å²) in [5.41, 5.74) is 8.08. The maximum Gasteiger partial charge on any atom is 0.0461 e. The summed E-state index contributed by atoms with van der Waals surface area (Å²) in [6.45, 7) is 8.16.